The summed E-state index contributed by atoms with van der Waals surface area (Å²) < 4.78 is 35.5. The van der Waals surface area contributed by atoms with Crippen LogP contribution < -0.4 is 15.4 Å². The zero-order chi connectivity index (χ0) is 19.4. The van der Waals surface area contributed by atoms with Crippen molar-refractivity contribution in [2.45, 2.75) is 4.90 Å². The van der Waals surface area contributed by atoms with Crippen LogP contribution >= 0.6 is 0 Å². The summed E-state index contributed by atoms with van der Waals surface area (Å²) in [5.41, 5.74) is 1.48. The number of benzene rings is 2. The van der Waals surface area contributed by atoms with Gasteiger partial charge in [0.15, 0.2) is 0 Å². The molecule has 9 heteroatoms. The monoisotopic (exact) mass is 392 g/mol. The second-order valence-electron chi connectivity index (χ2n) is 6.36. The van der Waals surface area contributed by atoms with E-state index >= 15 is 0 Å². The first-order valence-corrected chi connectivity index (χ1v) is 10.0. The molecule has 3 N–H and O–H groups in total. The van der Waals surface area contributed by atoms with Gasteiger partial charge >= 0.3 is 0 Å². The number of anilines is 2. The summed E-state index contributed by atoms with van der Waals surface area (Å²) in [6.07, 6.45) is 0. The lowest BCUT2D eigenvalue weighted by Crippen LogP contribution is -2.48. The molecular formula is C18H21FN4O3S. The Hall–Kier alpha value is -2.49. The van der Waals surface area contributed by atoms with Gasteiger partial charge in [0.05, 0.1) is 11.4 Å². The number of primary sulfonamides is 1. The zero-order valence-electron chi connectivity index (χ0n) is 14.6. The predicted octanol–water partition coefficient (Wildman–Crippen LogP) is 1.23. The van der Waals surface area contributed by atoms with E-state index in [0.717, 1.165) is 18.8 Å². The van der Waals surface area contributed by atoms with Crippen LogP contribution in [0.1, 0.15) is 0 Å². The number of sulfonamides is 1. The van der Waals surface area contributed by atoms with Crippen LogP contribution in [0.25, 0.3) is 0 Å². The number of rotatable bonds is 5. The number of carbonyl (C=O) groups is 1. The molecule has 0 atom stereocenters. The third kappa shape index (κ3) is 5.25. The number of amides is 1. The number of hydrogen-bond acceptors (Lipinski definition) is 5. The van der Waals surface area contributed by atoms with Crippen LogP contribution in [0.5, 0.6) is 0 Å². The Morgan fingerprint density at radius 2 is 1.59 bits per heavy atom. The Kier molecular flexibility index (Phi) is 5.73. The lowest BCUT2D eigenvalue weighted by atomic mass is 10.2. The molecule has 1 aliphatic heterocycles. The molecule has 144 valence electrons. The largest absolute Gasteiger partial charge is 0.369 e. The zero-order valence-corrected chi connectivity index (χ0v) is 15.5. The number of nitrogens with zero attached hydrogens (tertiary/aromatic N) is 2. The van der Waals surface area contributed by atoms with Crippen molar-refractivity contribution in [1.82, 2.24) is 4.90 Å². The number of hydrogen-bond donors (Lipinski definition) is 2. The predicted molar refractivity (Wildman–Crippen MR) is 101 cm³/mol. The molecule has 0 spiro atoms. The molecule has 0 aliphatic carbocycles. The molecule has 0 aromatic heterocycles. The molecule has 0 radical (unpaired) electrons. The maximum atomic E-state index is 12.9. The van der Waals surface area contributed by atoms with Crippen LogP contribution in [0.15, 0.2) is 53.4 Å². The van der Waals surface area contributed by atoms with Crippen molar-refractivity contribution in [3.05, 3.63) is 54.3 Å². The Morgan fingerprint density at radius 1 is 1.00 bits per heavy atom. The molecule has 1 heterocycles. The van der Waals surface area contributed by atoms with Crippen LogP contribution in [-0.2, 0) is 14.8 Å². The van der Waals surface area contributed by atoms with Gasteiger partial charge < -0.3 is 10.2 Å². The molecule has 0 unspecified atom stereocenters. The van der Waals surface area contributed by atoms with Crippen molar-refractivity contribution in [2.24, 2.45) is 5.14 Å². The minimum atomic E-state index is -3.69. The fourth-order valence-electron chi connectivity index (χ4n) is 2.95. The highest BCUT2D eigenvalue weighted by Gasteiger charge is 2.19. The van der Waals surface area contributed by atoms with Crippen LogP contribution in [0.2, 0.25) is 0 Å². The minimum Gasteiger partial charge on any atom is -0.369 e. The van der Waals surface area contributed by atoms with E-state index in [2.05, 4.69) is 10.2 Å². The van der Waals surface area contributed by atoms with Crippen LogP contribution in [-0.4, -0.2) is 51.9 Å². The quantitative estimate of drug-likeness (QED) is 0.798. The molecule has 1 saturated heterocycles. The van der Waals surface area contributed by atoms with Gasteiger partial charge in [0.1, 0.15) is 5.82 Å². The molecule has 2 aromatic carbocycles. The lowest BCUT2D eigenvalue weighted by molar-refractivity contribution is -0.117. The highest BCUT2D eigenvalue weighted by atomic mass is 32.2. The summed E-state index contributed by atoms with van der Waals surface area (Å²) >= 11 is 0. The summed E-state index contributed by atoms with van der Waals surface area (Å²) in [7, 11) is -3.69. The van der Waals surface area contributed by atoms with E-state index in [9.17, 15) is 17.6 Å². The van der Waals surface area contributed by atoms with E-state index in [-0.39, 0.29) is 23.2 Å². The first-order chi connectivity index (χ1) is 12.8. The van der Waals surface area contributed by atoms with Gasteiger partial charge in [-0.15, -0.1) is 0 Å². The van der Waals surface area contributed by atoms with E-state index in [0.29, 0.717) is 18.8 Å². The highest BCUT2D eigenvalue weighted by molar-refractivity contribution is 7.89. The average molecular weight is 392 g/mol. The van der Waals surface area contributed by atoms with Gasteiger partial charge in [0, 0.05) is 37.6 Å². The van der Waals surface area contributed by atoms with E-state index in [1.54, 1.807) is 12.1 Å². The number of halogens is 1. The summed E-state index contributed by atoms with van der Waals surface area (Å²) in [5, 5.41) is 7.86. The maximum Gasteiger partial charge on any atom is 0.238 e. The third-order valence-corrected chi connectivity index (χ3v) is 5.33. The van der Waals surface area contributed by atoms with Gasteiger partial charge in [-0.2, -0.15) is 0 Å². The lowest BCUT2D eigenvalue weighted by Gasteiger charge is -2.35. The summed E-state index contributed by atoms with van der Waals surface area (Å²) in [4.78, 5) is 16.4. The van der Waals surface area contributed by atoms with Crippen LogP contribution in [0.4, 0.5) is 15.8 Å². The first kappa shape index (κ1) is 19.3. The van der Waals surface area contributed by atoms with Gasteiger partial charge in [-0.1, -0.05) is 0 Å². The number of piperazine rings is 1. The van der Waals surface area contributed by atoms with Crippen molar-refractivity contribution in [3.63, 3.8) is 0 Å². The Bertz CT molecular complexity index is 893. The molecule has 0 saturated carbocycles. The summed E-state index contributed by atoms with van der Waals surface area (Å²) in [6, 6.07) is 12.1. The van der Waals surface area contributed by atoms with E-state index < -0.39 is 10.0 Å². The topological polar surface area (TPSA) is 95.7 Å². The Balaban J connectivity index is 1.50. The molecular weight excluding hydrogens is 371 g/mol. The van der Waals surface area contributed by atoms with Gasteiger partial charge in [0.25, 0.3) is 0 Å². The normalized spacial score (nSPS) is 15.6. The fourth-order valence-corrected chi connectivity index (χ4v) is 3.46. The Morgan fingerprint density at radius 3 is 2.15 bits per heavy atom. The Labute approximate surface area is 157 Å². The molecule has 2 aromatic rings. The van der Waals surface area contributed by atoms with Gasteiger partial charge in [0.2, 0.25) is 15.9 Å². The van der Waals surface area contributed by atoms with E-state index in [1.807, 2.05) is 4.90 Å². The van der Waals surface area contributed by atoms with E-state index in [4.69, 9.17) is 5.14 Å². The van der Waals surface area contributed by atoms with Gasteiger partial charge in [-0.25, -0.2) is 17.9 Å². The van der Waals surface area contributed by atoms with Crippen LogP contribution in [0, 0.1) is 5.82 Å². The second kappa shape index (κ2) is 8.03. The highest BCUT2D eigenvalue weighted by Crippen LogP contribution is 2.19. The van der Waals surface area contributed by atoms with Gasteiger partial charge in [-0.3, -0.25) is 9.69 Å². The summed E-state index contributed by atoms with van der Waals surface area (Å²) in [6.45, 7) is 3.11. The number of nitrogens with one attached hydrogen (secondary N) is 1. The summed E-state index contributed by atoms with van der Waals surface area (Å²) in [5.74, 6) is -0.492. The molecule has 27 heavy (non-hydrogen) atoms. The van der Waals surface area contributed by atoms with E-state index in [1.165, 1.54) is 36.4 Å². The fraction of sp³-hybridized carbons (Fsp3) is 0.278. The SMILES string of the molecule is NS(=O)(=O)c1ccc(N2CCN(CC(=O)Nc3ccc(F)cc3)CC2)cc1. The number of carbonyl (C=O) groups excluding carboxylic acids is 1. The van der Waals surface area contributed by atoms with Gasteiger partial charge in [-0.05, 0) is 48.5 Å². The van der Waals surface area contributed by atoms with Crippen molar-refractivity contribution < 1.29 is 17.6 Å². The molecule has 7 nitrogen and oxygen atoms in total. The van der Waals surface area contributed by atoms with Crippen molar-refractivity contribution in [1.29, 1.82) is 0 Å². The second-order valence-corrected chi connectivity index (χ2v) is 7.92. The molecule has 1 fully saturated rings. The standard InChI is InChI=1S/C18H21FN4O3S/c19-14-1-3-15(4-2-14)21-18(24)13-22-9-11-23(12-10-22)16-5-7-17(8-6-16)27(20,25)26/h1-8H,9-13H2,(H,21,24)(H2,20,25,26). The molecule has 1 aliphatic rings. The van der Waals surface area contributed by atoms with Crippen molar-refractivity contribution >= 4 is 27.3 Å². The number of nitrogens with two attached hydrogens (primary N) is 1. The minimum absolute atomic E-state index is 0.0855. The average Bonchev–Trinajstić information content (AvgIpc) is 2.64. The molecule has 3 rings (SSSR count). The maximum absolute atomic E-state index is 12.9. The van der Waals surface area contributed by atoms with Crippen molar-refractivity contribution in [3.8, 4) is 0 Å². The smallest absolute Gasteiger partial charge is 0.238 e. The molecule has 1 amide bonds. The third-order valence-electron chi connectivity index (χ3n) is 4.40. The first-order valence-electron chi connectivity index (χ1n) is 8.47. The van der Waals surface area contributed by atoms with Crippen LogP contribution in [0.3, 0.4) is 0 Å². The van der Waals surface area contributed by atoms with Crippen molar-refractivity contribution in [2.75, 3.05) is 42.9 Å². The molecule has 0 bridgehead atoms.